The van der Waals surface area contributed by atoms with Crippen LogP contribution in [0, 0.1) is 5.92 Å². The lowest BCUT2D eigenvalue weighted by Gasteiger charge is -2.36. The monoisotopic (exact) mass is 325 g/mol. The molecule has 4 heteroatoms. The van der Waals surface area contributed by atoms with Gasteiger partial charge in [0.15, 0.2) is 0 Å². The molecule has 0 radical (unpaired) electrons. The van der Waals surface area contributed by atoms with Gasteiger partial charge >= 0.3 is 0 Å². The van der Waals surface area contributed by atoms with Crippen molar-refractivity contribution in [2.45, 2.75) is 70.6 Å². The van der Waals surface area contributed by atoms with Crippen LogP contribution in [0.25, 0.3) is 0 Å². The first-order chi connectivity index (χ1) is 11.2. The molecule has 132 valence electrons. The number of methoxy groups -OCH3 is 1. The van der Waals surface area contributed by atoms with E-state index < -0.39 is 6.17 Å². The summed E-state index contributed by atoms with van der Waals surface area (Å²) in [6.45, 7) is 3.65. The quantitative estimate of drug-likeness (QED) is 0.535. The fourth-order valence-electron chi connectivity index (χ4n) is 3.70. The minimum absolute atomic E-state index is 0.150. The Bertz CT molecular complexity index is 433. The van der Waals surface area contributed by atoms with Gasteiger partial charge in [0, 0.05) is 19.4 Å². The fourth-order valence-corrected chi connectivity index (χ4v) is 3.70. The topological polar surface area (TPSA) is 44.5 Å². The molecule has 0 saturated carbocycles. The number of hydrogen-bond acceptors (Lipinski definition) is 3. The number of unbranched alkanes of at least 4 members (excludes halogenated alkanes) is 1. The van der Waals surface area contributed by atoms with Crippen molar-refractivity contribution in [1.82, 2.24) is 0 Å². The molecule has 0 aromatic rings. The third-order valence-corrected chi connectivity index (χ3v) is 5.16. The number of nitrogens with two attached hydrogens (primary N) is 1. The molecular weight excluding hydrogens is 293 g/mol. The Balaban J connectivity index is 2.04. The molecule has 2 N–H and O–H groups in total. The summed E-state index contributed by atoms with van der Waals surface area (Å²) in [4.78, 5) is 0. The van der Waals surface area contributed by atoms with E-state index in [4.69, 9.17) is 15.2 Å². The molecule has 0 aromatic carbocycles. The van der Waals surface area contributed by atoms with Crippen molar-refractivity contribution >= 4 is 0 Å². The molecule has 0 aromatic heterocycles. The molecule has 0 heterocycles. The second-order valence-corrected chi connectivity index (χ2v) is 6.66. The minimum Gasteiger partial charge on any atom is -0.498 e. The first-order valence-corrected chi connectivity index (χ1v) is 9.09. The summed E-state index contributed by atoms with van der Waals surface area (Å²) >= 11 is 0. The van der Waals surface area contributed by atoms with E-state index >= 15 is 0 Å². The van der Waals surface area contributed by atoms with Crippen LogP contribution in [-0.2, 0) is 9.47 Å². The Morgan fingerprint density at radius 1 is 1.30 bits per heavy atom. The molecular formula is C19H32FNO2. The second-order valence-electron chi connectivity index (χ2n) is 6.66. The molecule has 0 fully saturated rings. The Hall–Kier alpha value is -0.870. The van der Waals surface area contributed by atoms with Crippen LogP contribution in [0.4, 0.5) is 4.39 Å². The summed E-state index contributed by atoms with van der Waals surface area (Å²) in [6, 6.07) is 0. The van der Waals surface area contributed by atoms with Crippen molar-refractivity contribution in [3.05, 3.63) is 23.0 Å². The molecule has 0 aliphatic heterocycles. The molecule has 2 aliphatic rings. The van der Waals surface area contributed by atoms with E-state index in [0.29, 0.717) is 18.8 Å². The van der Waals surface area contributed by atoms with Gasteiger partial charge in [-0.1, -0.05) is 18.6 Å². The third kappa shape index (κ3) is 5.05. The van der Waals surface area contributed by atoms with Crippen molar-refractivity contribution in [3.63, 3.8) is 0 Å². The van der Waals surface area contributed by atoms with Crippen molar-refractivity contribution in [2.75, 3.05) is 20.3 Å². The van der Waals surface area contributed by atoms with Crippen molar-refractivity contribution in [3.8, 4) is 0 Å². The van der Waals surface area contributed by atoms with Gasteiger partial charge in [-0.05, 0) is 57.1 Å². The first-order valence-electron chi connectivity index (χ1n) is 9.09. The summed E-state index contributed by atoms with van der Waals surface area (Å²) in [5, 5.41) is 0. The summed E-state index contributed by atoms with van der Waals surface area (Å²) in [5.74, 6) is 1.51. The van der Waals surface area contributed by atoms with Gasteiger partial charge in [0.2, 0.25) is 0 Å². The van der Waals surface area contributed by atoms with E-state index in [1.54, 1.807) is 7.11 Å². The van der Waals surface area contributed by atoms with E-state index in [9.17, 15) is 4.39 Å². The van der Waals surface area contributed by atoms with Crippen LogP contribution in [-0.4, -0.2) is 32.5 Å². The van der Waals surface area contributed by atoms with E-state index in [1.807, 2.05) is 0 Å². The van der Waals surface area contributed by atoms with Crippen molar-refractivity contribution in [1.29, 1.82) is 0 Å². The van der Waals surface area contributed by atoms with Gasteiger partial charge in [0.25, 0.3) is 0 Å². The van der Waals surface area contributed by atoms with Crippen molar-refractivity contribution < 1.29 is 13.9 Å². The molecule has 0 saturated heterocycles. The van der Waals surface area contributed by atoms with E-state index in [1.165, 1.54) is 11.1 Å². The predicted octanol–water partition coefficient (Wildman–Crippen LogP) is 4.28. The zero-order chi connectivity index (χ0) is 16.7. The van der Waals surface area contributed by atoms with Crippen LogP contribution in [0.1, 0.15) is 58.3 Å². The first kappa shape index (κ1) is 18.5. The maximum atomic E-state index is 13.4. The Morgan fingerprint density at radius 2 is 2.13 bits per heavy atom. The lowest BCUT2D eigenvalue weighted by Crippen LogP contribution is -2.31. The van der Waals surface area contributed by atoms with Crippen LogP contribution >= 0.6 is 0 Å². The van der Waals surface area contributed by atoms with Gasteiger partial charge in [-0.25, -0.2) is 4.39 Å². The number of ether oxygens (including phenoxy) is 2. The van der Waals surface area contributed by atoms with E-state index in [-0.39, 0.29) is 6.10 Å². The highest BCUT2D eigenvalue weighted by Crippen LogP contribution is 2.40. The maximum absolute atomic E-state index is 13.4. The van der Waals surface area contributed by atoms with Crippen LogP contribution in [0.15, 0.2) is 23.0 Å². The summed E-state index contributed by atoms with van der Waals surface area (Å²) in [6.07, 6.45) is 8.54. The average molecular weight is 325 g/mol. The second kappa shape index (κ2) is 9.43. The molecule has 0 bridgehead atoms. The highest BCUT2D eigenvalue weighted by Gasteiger charge is 2.33. The Labute approximate surface area is 140 Å². The SMILES string of the molecule is CCC1=C(OCCCCN)C[C@H](OC)C(C2=CCC(F)CC2)C1. The largest absolute Gasteiger partial charge is 0.498 e. The minimum atomic E-state index is -0.661. The number of hydrogen-bond donors (Lipinski definition) is 1. The van der Waals surface area contributed by atoms with Gasteiger partial charge in [0.05, 0.1) is 18.5 Å². The number of alkyl halides is 1. The van der Waals surface area contributed by atoms with Gasteiger partial charge < -0.3 is 15.2 Å². The number of rotatable bonds is 8. The molecule has 3 atom stereocenters. The van der Waals surface area contributed by atoms with Gasteiger partial charge in [-0.2, -0.15) is 0 Å². The van der Waals surface area contributed by atoms with E-state index in [0.717, 1.165) is 57.4 Å². The third-order valence-electron chi connectivity index (χ3n) is 5.16. The predicted molar refractivity (Wildman–Crippen MR) is 91.9 cm³/mol. The lowest BCUT2D eigenvalue weighted by molar-refractivity contribution is 0.0352. The maximum Gasteiger partial charge on any atom is 0.104 e. The highest BCUT2D eigenvalue weighted by atomic mass is 19.1. The summed E-state index contributed by atoms with van der Waals surface area (Å²) in [7, 11) is 1.78. The van der Waals surface area contributed by atoms with Gasteiger partial charge in [0.1, 0.15) is 6.17 Å². The highest BCUT2D eigenvalue weighted by molar-refractivity contribution is 5.23. The average Bonchev–Trinajstić information content (AvgIpc) is 2.59. The molecule has 2 unspecified atom stereocenters. The molecule has 3 nitrogen and oxygen atoms in total. The molecule has 0 amide bonds. The molecule has 2 rings (SSSR count). The van der Waals surface area contributed by atoms with Gasteiger partial charge in [-0.15, -0.1) is 0 Å². The number of halogens is 1. The zero-order valence-electron chi connectivity index (χ0n) is 14.7. The van der Waals surface area contributed by atoms with Crippen molar-refractivity contribution in [2.24, 2.45) is 11.7 Å². The summed E-state index contributed by atoms with van der Waals surface area (Å²) < 4.78 is 25.2. The lowest BCUT2D eigenvalue weighted by atomic mass is 9.76. The van der Waals surface area contributed by atoms with E-state index in [2.05, 4.69) is 13.0 Å². The molecule has 23 heavy (non-hydrogen) atoms. The Kier molecular flexibility index (Phi) is 7.57. The van der Waals surface area contributed by atoms with Crippen LogP contribution in [0.3, 0.4) is 0 Å². The van der Waals surface area contributed by atoms with Gasteiger partial charge in [-0.3, -0.25) is 0 Å². The smallest absolute Gasteiger partial charge is 0.104 e. The Morgan fingerprint density at radius 3 is 2.74 bits per heavy atom. The van der Waals surface area contributed by atoms with Crippen LogP contribution in [0.5, 0.6) is 0 Å². The molecule has 2 aliphatic carbocycles. The molecule has 0 spiro atoms. The summed E-state index contributed by atoms with van der Waals surface area (Å²) in [5.41, 5.74) is 8.32. The van der Waals surface area contributed by atoms with Crippen LogP contribution < -0.4 is 5.73 Å². The van der Waals surface area contributed by atoms with Crippen LogP contribution in [0.2, 0.25) is 0 Å². The normalized spacial score (nSPS) is 28.7. The zero-order valence-corrected chi connectivity index (χ0v) is 14.7. The number of allylic oxidation sites excluding steroid dienone is 2. The standard InChI is InChI=1S/C19H32FNO2/c1-3-14-12-17(15-6-8-16(20)9-7-15)19(22-2)13-18(14)23-11-5-4-10-21/h6,16-17,19H,3-5,7-13,21H2,1-2H3/t16?,17?,19-/m0/s1. The fraction of sp³-hybridized carbons (Fsp3) is 0.789.